The van der Waals surface area contributed by atoms with E-state index < -0.39 is 0 Å². The average molecular weight is 377 g/mol. The van der Waals surface area contributed by atoms with Crippen LogP contribution in [0.2, 0.25) is 0 Å². The van der Waals surface area contributed by atoms with Gasteiger partial charge < -0.3 is 5.32 Å². The Morgan fingerprint density at radius 3 is 2.27 bits per heavy atom. The van der Waals surface area contributed by atoms with Gasteiger partial charge in [0.1, 0.15) is 0 Å². The highest BCUT2D eigenvalue weighted by Gasteiger charge is 2.00. The molecule has 0 unspecified atom stereocenters. The predicted molar refractivity (Wildman–Crippen MR) is 68.4 cm³/mol. The first-order chi connectivity index (χ1) is 5.17. The second-order valence-electron chi connectivity index (χ2n) is 2.33. The molecule has 0 bridgehead atoms. The molecule has 0 aliphatic rings. The lowest BCUT2D eigenvalue weighted by Gasteiger charge is -2.09. The quantitative estimate of drug-likeness (QED) is 0.453. The minimum Gasteiger partial charge on any atom is -0.388 e. The number of halogens is 2. The van der Waals surface area contributed by atoms with E-state index in [1.807, 2.05) is 7.05 Å². The third kappa shape index (κ3) is 3.78. The van der Waals surface area contributed by atoms with Gasteiger partial charge in [-0.1, -0.05) is 45.2 Å². The summed E-state index contributed by atoms with van der Waals surface area (Å²) in [4.78, 5) is 0. The van der Waals surface area contributed by atoms with Crippen LogP contribution >= 0.6 is 45.2 Å². The number of alkyl halides is 1. The Hall–Kier alpha value is 0.740. The molecule has 0 aromatic rings. The van der Waals surface area contributed by atoms with E-state index in [1.165, 1.54) is 16.8 Å². The highest BCUT2D eigenvalue weighted by molar-refractivity contribution is 14.1. The molecule has 0 radical (unpaired) electrons. The zero-order valence-corrected chi connectivity index (χ0v) is 11.4. The van der Waals surface area contributed by atoms with Gasteiger partial charge in [-0.3, -0.25) is 0 Å². The van der Waals surface area contributed by atoms with E-state index in [9.17, 15) is 0 Å². The van der Waals surface area contributed by atoms with Gasteiger partial charge in [0.05, 0.1) is 0 Å². The lowest BCUT2D eigenvalue weighted by molar-refractivity contribution is 0.973. The van der Waals surface area contributed by atoms with E-state index in [-0.39, 0.29) is 0 Å². The average Bonchev–Trinajstić information content (AvgIpc) is 2.05. The molecule has 0 aromatic carbocycles. The van der Waals surface area contributed by atoms with Gasteiger partial charge >= 0.3 is 0 Å². The Labute approximate surface area is 96.0 Å². The number of nitrogens with one attached hydrogen (secondary N) is 1. The summed E-state index contributed by atoms with van der Waals surface area (Å²) in [5.41, 5.74) is 3.98. The number of hydrogen-bond acceptors (Lipinski definition) is 1. The SMILES string of the molecule is CNC(/C(C)=C\I)=C(\C)CI. The van der Waals surface area contributed by atoms with Gasteiger partial charge in [-0.2, -0.15) is 0 Å². The van der Waals surface area contributed by atoms with Crippen molar-refractivity contribution in [2.75, 3.05) is 11.5 Å². The molecule has 11 heavy (non-hydrogen) atoms. The molecule has 0 rings (SSSR count). The summed E-state index contributed by atoms with van der Waals surface area (Å²) in [6, 6.07) is 0. The van der Waals surface area contributed by atoms with Crippen molar-refractivity contribution in [3.63, 3.8) is 0 Å². The zero-order chi connectivity index (χ0) is 8.85. The molecule has 64 valence electrons. The third-order valence-electron chi connectivity index (χ3n) is 1.44. The summed E-state index contributed by atoms with van der Waals surface area (Å²) in [6.45, 7) is 4.27. The fourth-order valence-electron chi connectivity index (χ4n) is 0.869. The molecule has 0 aliphatic heterocycles. The van der Waals surface area contributed by atoms with Crippen LogP contribution in [-0.4, -0.2) is 11.5 Å². The van der Waals surface area contributed by atoms with E-state index in [4.69, 9.17) is 0 Å². The highest BCUT2D eigenvalue weighted by atomic mass is 127. The molecule has 0 aromatic heterocycles. The van der Waals surface area contributed by atoms with Crippen molar-refractivity contribution in [3.8, 4) is 0 Å². The predicted octanol–water partition coefficient (Wildman–Crippen LogP) is 3.25. The third-order valence-corrected chi connectivity index (χ3v) is 3.51. The molecule has 0 heterocycles. The summed E-state index contributed by atoms with van der Waals surface area (Å²) in [5, 5.41) is 3.21. The van der Waals surface area contributed by atoms with E-state index in [1.54, 1.807) is 0 Å². The number of rotatable bonds is 3. The molecule has 0 saturated carbocycles. The van der Waals surface area contributed by atoms with Crippen LogP contribution in [0.4, 0.5) is 0 Å². The molecular formula is C8H13I2N. The summed E-state index contributed by atoms with van der Waals surface area (Å²) in [7, 11) is 1.97. The van der Waals surface area contributed by atoms with Gasteiger partial charge in [-0.05, 0) is 29.1 Å². The van der Waals surface area contributed by atoms with Crippen LogP contribution in [0.3, 0.4) is 0 Å². The van der Waals surface area contributed by atoms with Gasteiger partial charge in [0, 0.05) is 17.2 Å². The molecule has 1 nitrogen and oxygen atoms in total. The summed E-state index contributed by atoms with van der Waals surface area (Å²) in [6.07, 6.45) is 0. The fraction of sp³-hybridized carbons (Fsp3) is 0.500. The normalized spacial score (nSPS) is 14.5. The molecule has 0 atom stereocenters. The Kier molecular flexibility index (Phi) is 6.70. The number of likely N-dealkylation sites (N-methyl/N-ethyl adjacent to an activating group) is 1. The maximum atomic E-state index is 3.21. The summed E-state index contributed by atoms with van der Waals surface area (Å²) < 4.78 is 3.18. The van der Waals surface area contributed by atoms with Crippen molar-refractivity contribution in [3.05, 3.63) is 20.9 Å². The standard InChI is InChI=1S/C8H13I2N/c1-6(4-9)8(11-3)7(2)5-10/h4,11H,5H2,1-3H3/b6-4-,8-7+. The Morgan fingerprint density at radius 1 is 1.45 bits per heavy atom. The van der Waals surface area contributed by atoms with Crippen molar-refractivity contribution in [2.24, 2.45) is 0 Å². The van der Waals surface area contributed by atoms with Crippen molar-refractivity contribution in [1.29, 1.82) is 0 Å². The van der Waals surface area contributed by atoms with E-state index >= 15 is 0 Å². The van der Waals surface area contributed by atoms with Crippen molar-refractivity contribution in [1.82, 2.24) is 5.32 Å². The second kappa shape index (κ2) is 6.28. The van der Waals surface area contributed by atoms with Crippen LogP contribution in [0.15, 0.2) is 20.9 Å². The van der Waals surface area contributed by atoms with Gasteiger partial charge in [-0.15, -0.1) is 0 Å². The summed E-state index contributed by atoms with van der Waals surface area (Å²) in [5.74, 6) is 0. The topological polar surface area (TPSA) is 12.0 Å². The maximum Gasteiger partial charge on any atom is 0.0368 e. The molecule has 0 aliphatic carbocycles. The van der Waals surface area contributed by atoms with Crippen molar-refractivity contribution in [2.45, 2.75) is 13.8 Å². The monoisotopic (exact) mass is 377 g/mol. The lowest BCUT2D eigenvalue weighted by atomic mass is 10.1. The van der Waals surface area contributed by atoms with Crippen LogP contribution in [0.5, 0.6) is 0 Å². The van der Waals surface area contributed by atoms with Crippen molar-refractivity contribution < 1.29 is 0 Å². The first-order valence-corrected chi connectivity index (χ1v) is 6.15. The Balaban J connectivity index is 4.65. The van der Waals surface area contributed by atoms with Crippen LogP contribution in [0, 0.1) is 0 Å². The molecule has 0 fully saturated rings. The van der Waals surface area contributed by atoms with Gasteiger partial charge in [0.25, 0.3) is 0 Å². The van der Waals surface area contributed by atoms with E-state index in [0.29, 0.717) is 0 Å². The Morgan fingerprint density at radius 2 is 2.00 bits per heavy atom. The molecular weight excluding hydrogens is 364 g/mol. The molecule has 0 spiro atoms. The van der Waals surface area contributed by atoms with E-state index in [2.05, 4.69) is 68.4 Å². The van der Waals surface area contributed by atoms with E-state index in [0.717, 1.165) is 4.43 Å². The number of hydrogen-bond donors (Lipinski definition) is 1. The Bertz CT molecular complexity index is 183. The minimum atomic E-state index is 1.08. The van der Waals surface area contributed by atoms with Crippen LogP contribution in [0.1, 0.15) is 13.8 Å². The van der Waals surface area contributed by atoms with Gasteiger partial charge in [0.2, 0.25) is 0 Å². The van der Waals surface area contributed by atoms with Crippen LogP contribution in [-0.2, 0) is 0 Å². The van der Waals surface area contributed by atoms with Gasteiger partial charge in [0.15, 0.2) is 0 Å². The smallest absolute Gasteiger partial charge is 0.0368 e. The largest absolute Gasteiger partial charge is 0.388 e. The fourth-order valence-corrected chi connectivity index (χ4v) is 1.56. The second-order valence-corrected chi connectivity index (χ2v) is 3.72. The van der Waals surface area contributed by atoms with Crippen molar-refractivity contribution >= 4 is 45.2 Å². The molecule has 1 N–H and O–H groups in total. The first-order valence-electron chi connectivity index (χ1n) is 3.38. The van der Waals surface area contributed by atoms with Gasteiger partial charge in [-0.25, -0.2) is 0 Å². The molecule has 0 saturated heterocycles. The van der Waals surface area contributed by atoms with Crippen LogP contribution < -0.4 is 5.32 Å². The highest BCUT2D eigenvalue weighted by Crippen LogP contribution is 2.14. The maximum absolute atomic E-state index is 3.21. The molecule has 3 heteroatoms. The minimum absolute atomic E-state index is 1.08. The number of allylic oxidation sites excluding steroid dienone is 2. The molecule has 0 amide bonds. The summed E-state index contributed by atoms with van der Waals surface area (Å²) >= 11 is 4.64. The first kappa shape index (κ1) is 11.7. The zero-order valence-electron chi connectivity index (χ0n) is 7.04. The lowest BCUT2D eigenvalue weighted by Crippen LogP contribution is -2.09. The van der Waals surface area contributed by atoms with Crippen LogP contribution in [0.25, 0.3) is 0 Å².